The zero-order valence-corrected chi connectivity index (χ0v) is 20.0. The van der Waals surface area contributed by atoms with E-state index in [1.165, 1.54) is 10.7 Å². The fourth-order valence-electron chi connectivity index (χ4n) is 3.37. The lowest BCUT2D eigenvalue weighted by Crippen LogP contribution is -2.53. The molecule has 2 saturated heterocycles. The first-order valence-electron chi connectivity index (χ1n) is 9.61. The van der Waals surface area contributed by atoms with Crippen LogP contribution >= 0.6 is 35.3 Å². The highest BCUT2D eigenvalue weighted by Crippen LogP contribution is 2.24. The molecule has 0 spiro atoms. The first kappa shape index (κ1) is 22.8. The molecule has 1 aromatic rings. The molecule has 3 rings (SSSR count). The largest absolute Gasteiger partial charge is 0.375 e. The Morgan fingerprint density at radius 1 is 1.33 bits per heavy atom. The second kappa shape index (κ2) is 10.4. The number of morpholine rings is 1. The Morgan fingerprint density at radius 2 is 2.11 bits per heavy atom. The van der Waals surface area contributed by atoms with Crippen molar-refractivity contribution in [3.8, 4) is 0 Å². The van der Waals surface area contributed by atoms with Crippen molar-refractivity contribution in [2.45, 2.75) is 57.7 Å². The van der Waals surface area contributed by atoms with Crippen molar-refractivity contribution in [1.82, 2.24) is 15.2 Å². The number of hydrogen-bond acceptors (Lipinski definition) is 5. The number of nitrogens with zero attached hydrogens (tertiary/aromatic N) is 3. The number of thiazole rings is 1. The highest BCUT2D eigenvalue weighted by molar-refractivity contribution is 14.0. The first-order chi connectivity index (χ1) is 12.5. The highest BCUT2D eigenvalue weighted by Gasteiger charge is 2.32. The SMILES string of the molecule is CN=C(NCCc1nc(C(C)(C)C)cs1)N1CCOC(C2CCCO2)C1.I. The van der Waals surface area contributed by atoms with Gasteiger partial charge in [-0.2, -0.15) is 0 Å². The first-order valence-corrected chi connectivity index (χ1v) is 10.5. The molecule has 2 fully saturated rings. The van der Waals surface area contributed by atoms with Crippen LogP contribution in [0.1, 0.15) is 44.3 Å². The van der Waals surface area contributed by atoms with Crippen molar-refractivity contribution in [2.75, 3.05) is 39.9 Å². The molecule has 1 aromatic heterocycles. The third-order valence-electron chi connectivity index (χ3n) is 4.93. The Labute approximate surface area is 184 Å². The number of halogens is 1. The molecule has 2 unspecified atom stereocenters. The predicted octanol–water partition coefficient (Wildman–Crippen LogP) is 3.06. The Balaban J connectivity index is 0.00000261. The number of aromatic nitrogens is 1. The van der Waals surface area contributed by atoms with E-state index in [-0.39, 0.29) is 41.6 Å². The summed E-state index contributed by atoms with van der Waals surface area (Å²) in [6, 6.07) is 0. The van der Waals surface area contributed by atoms with Gasteiger partial charge < -0.3 is 19.7 Å². The zero-order chi connectivity index (χ0) is 18.6. The van der Waals surface area contributed by atoms with Crippen LogP contribution in [0.15, 0.2) is 10.4 Å². The third-order valence-corrected chi connectivity index (χ3v) is 5.84. The average molecular weight is 508 g/mol. The maximum atomic E-state index is 5.94. The van der Waals surface area contributed by atoms with Gasteiger partial charge in [0.1, 0.15) is 6.10 Å². The molecule has 1 N–H and O–H groups in total. The summed E-state index contributed by atoms with van der Waals surface area (Å²) in [5, 5.41) is 6.85. The van der Waals surface area contributed by atoms with Crippen LogP contribution in [0, 0.1) is 0 Å². The molecule has 27 heavy (non-hydrogen) atoms. The summed E-state index contributed by atoms with van der Waals surface area (Å²) in [7, 11) is 1.85. The van der Waals surface area contributed by atoms with Gasteiger partial charge in [-0.3, -0.25) is 4.99 Å². The Morgan fingerprint density at radius 3 is 2.74 bits per heavy atom. The second-order valence-electron chi connectivity index (χ2n) is 8.01. The Kier molecular flexibility index (Phi) is 8.76. The van der Waals surface area contributed by atoms with Crippen molar-refractivity contribution in [1.29, 1.82) is 0 Å². The molecule has 6 nitrogen and oxygen atoms in total. The number of hydrogen-bond donors (Lipinski definition) is 1. The van der Waals surface area contributed by atoms with E-state index >= 15 is 0 Å². The van der Waals surface area contributed by atoms with E-state index in [1.807, 2.05) is 7.05 Å². The molecule has 0 bridgehead atoms. The molecule has 2 aliphatic heterocycles. The van der Waals surface area contributed by atoms with E-state index in [0.29, 0.717) is 0 Å². The summed E-state index contributed by atoms with van der Waals surface area (Å²) in [6.07, 6.45) is 3.55. The van der Waals surface area contributed by atoms with Gasteiger partial charge in [-0.1, -0.05) is 20.8 Å². The topological polar surface area (TPSA) is 59.0 Å². The molecule has 0 radical (unpaired) electrons. The minimum Gasteiger partial charge on any atom is -0.375 e. The average Bonchev–Trinajstić information content (AvgIpc) is 3.30. The number of guanidine groups is 1. The monoisotopic (exact) mass is 508 g/mol. The van der Waals surface area contributed by atoms with Gasteiger partial charge in [0.05, 0.1) is 23.4 Å². The zero-order valence-electron chi connectivity index (χ0n) is 16.9. The van der Waals surface area contributed by atoms with E-state index in [4.69, 9.17) is 14.5 Å². The predicted molar refractivity (Wildman–Crippen MR) is 122 cm³/mol. The molecule has 0 amide bonds. The normalized spacial score (nSPS) is 24.0. The molecule has 154 valence electrons. The molecule has 2 aliphatic rings. The van der Waals surface area contributed by atoms with Crippen LogP contribution in [-0.2, 0) is 21.3 Å². The smallest absolute Gasteiger partial charge is 0.193 e. The van der Waals surface area contributed by atoms with Gasteiger partial charge in [0, 0.05) is 50.5 Å². The minimum absolute atomic E-state index is 0. The molecular weight excluding hydrogens is 475 g/mol. The van der Waals surface area contributed by atoms with Gasteiger partial charge in [-0.05, 0) is 12.8 Å². The van der Waals surface area contributed by atoms with Gasteiger partial charge in [0.25, 0.3) is 0 Å². The number of nitrogens with one attached hydrogen (secondary N) is 1. The van der Waals surface area contributed by atoms with Crippen LogP contribution in [0.2, 0.25) is 0 Å². The van der Waals surface area contributed by atoms with E-state index in [2.05, 4.69) is 41.4 Å². The molecule has 0 aliphatic carbocycles. The third kappa shape index (κ3) is 6.27. The number of aliphatic imine (C=N–C) groups is 1. The standard InChI is InChI=1S/C19H32N4O2S.HI/c1-19(2,3)16-13-26-17(22-16)7-8-21-18(20-4)23-9-11-25-15(12-23)14-6-5-10-24-14;/h13-15H,5-12H2,1-4H3,(H,20,21);1H. The van der Waals surface area contributed by atoms with Crippen molar-refractivity contribution in [3.63, 3.8) is 0 Å². The van der Waals surface area contributed by atoms with E-state index in [9.17, 15) is 0 Å². The summed E-state index contributed by atoms with van der Waals surface area (Å²) in [5.41, 5.74) is 1.29. The summed E-state index contributed by atoms with van der Waals surface area (Å²) in [5.74, 6) is 0.948. The molecule has 0 saturated carbocycles. The van der Waals surface area contributed by atoms with Crippen LogP contribution in [0.25, 0.3) is 0 Å². The van der Waals surface area contributed by atoms with Crippen molar-refractivity contribution >= 4 is 41.3 Å². The van der Waals surface area contributed by atoms with Gasteiger partial charge >= 0.3 is 0 Å². The maximum Gasteiger partial charge on any atom is 0.193 e. The van der Waals surface area contributed by atoms with Gasteiger partial charge in [-0.15, -0.1) is 35.3 Å². The quantitative estimate of drug-likeness (QED) is 0.385. The van der Waals surface area contributed by atoms with E-state index < -0.39 is 0 Å². The van der Waals surface area contributed by atoms with E-state index in [1.54, 1.807) is 11.3 Å². The fourth-order valence-corrected chi connectivity index (χ4v) is 4.40. The summed E-state index contributed by atoms with van der Waals surface area (Å²) in [4.78, 5) is 11.5. The van der Waals surface area contributed by atoms with Crippen molar-refractivity contribution in [2.24, 2.45) is 4.99 Å². The lowest BCUT2D eigenvalue weighted by Gasteiger charge is -2.37. The van der Waals surface area contributed by atoms with Crippen LogP contribution in [0.4, 0.5) is 0 Å². The number of rotatable bonds is 4. The van der Waals surface area contributed by atoms with Crippen LogP contribution in [-0.4, -0.2) is 67.9 Å². The highest BCUT2D eigenvalue weighted by atomic mass is 127. The summed E-state index contributed by atoms with van der Waals surface area (Å²) < 4.78 is 11.7. The van der Waals surface area contributed by atoms with Gasteiger partial charge in [0.15, 0.2) is 5.96 Å². The molecule has 2 atom stereocenters. The molecule has 8 heteroatoms. The Hall–Kier alpha value is -0.450. The van der Waals surface area contributed by atoms with Crippen LogP contribution in [0.3, 0.4) is 0 Å². The molecule has 3 heterocycles. The lowest BCUT2D eigenvalue weighted by molar-refractivity contribution is -0.0816. The van der Waals surface area contributed by atoms with Crippen molar-refractivity contribution < 1.29 is 9.47 Å². The summed E-state index contributed by atoms with van der Waals surface area (Å²) in [6.45, 7) is 10.8. The van der Waals surface area contributed by atoms with Crippen molar-refractivity contribution in [3.05, 3.63) is 16.1 Å². The number of ether oxygens (including phenoxy) is 2. The second-order valence-corrected chi connectivity index (χ2v) is 8.95. The van der Waals surface area contributed by atoms with Gasteiger partial charge in [-0.25, -0.2) is 4.98 Å². The maximum absolute atomic E-state index is 5.94. The van der Waals surface area contributed by atoms with E-state index in [0.717, 1.165) is 58.1 Å². The molecule has 0 aromatic carbocycles. The summed E-state index contributed by atoms with van der Waals surface area (Å²) >= 11 is 1.75. The van der Waals surface area contributed by atoms with Crippen LogP contribution in [0.5, 0.6) is 0 Å². The lowest BCUT2D eigenvalue weighted by atomic mass is 9.93. The van der Waals surface area contributed by atoms with Gasteiger partial charge in [0.2, 0.25) is 0 Å². The molecular formula is C19H33IN4O2S. The Bertz CT molecular complexity index is 611. The minimum atomic E-state index is 0. The van der Waals surface area contributed by atoms with Crippen LogP contribution < -0.4 is 5.32 Å². The fraction of sp³-hybridized carbons (Fsp3) is 0.789.